The quantitative estimate of drug-likeness (QED) is 0.771. The molecule has 0 aromatic carbocycles. The van der Waals surface area contributed by atoms with E-state index in [-0.39, 0.29) is 0 Å². The minimum atomic E-state index is 0.339. The lowest BCUT2D eigenvalue weighted by Crippen LogP contribution is -2.03. The second-order valence-corrected chi connectivity index (χ2v) is 5.88. The van der Waals surface area contributed by atoms with Crippen molar-refractivity contribution in [3.8, 4) is 11.3 Å². The van der Waals surface area contributed by atoms with Crippen molar-refractivity contribution < 1.29 is 0 Å². The van der Waals surface area contributed by atoms with Gasteiger partial charge in [0.1, 0.15) is 11.5 Å². The molecule has 21 heavy (non-hydrogen) atoms. The summed E-state index contributed by atoms with van der Waals surface area (Å²) in [6.45, 7) is 4.22. The zero-order valence-electron chi connectivity index (χ0n) is 12.2. The van der Waals surface area contributed by atoms with Gasteiger partial charge < -0.3 is 5.32 Å². The Morgan fingerprint density at radius 2 is 2.24 bits per heavy atom. The highest BCUT2D eigenvalue weighted by Crippen LogP contribution is 2.33. The molecule has 0 aliphatic heterocycles. The number of hydrogen-bond donors (Lipinski definition) is 2. The first kappa shape index (κ1) is 12.4. The van der Waals surface area contributed by atoms with E-state index in [1.807, 2.05) is 29.3 Å². The van der Waals surface area contributed by atoms with E-state index in [9.17, 15) is 0 Å². The van der Waals surface area contributed by atoms with Gasteiger partial charge in [-0.2, -0.15) is 10.2 Å². The Bertz CT molecular complexity index is 780. The maximum atomic E-state index is 4.49. The standard InChI is InChI=1S/C15H18N6/c1-9(2)21-8-10(7-17-21)14-13-12(19-20-14)5-6-16-15(13)18-11-3-4-11/h5-9,11H,3-4H2,1-2H3,(H,16,18)(H,19,20). The largest absolute Gasteiger partial charge is 0.367 e. The molecule has 0 bridgehead atoms. The number of anilines is 1. The Morgan fingerprint density at radius 1 is 1.38 bits per heavy atom. The third kappa shape index (κ3) is 2.16. The van der Waals surface area contributed by atoms with Gasteiger partial charge in [-0.3, -0.25) is 9.78 Å². The number of rotatable bonds is 4. The first-order chi connectivity index (χ1) is 10.2. The van der Waals surface area contributed by atoms with Gasteiger partial charge in [0.2, 0.25) is 0 Å². The van der Waals surface area contributed by atoms with Gasteiger partial charge in [0.25, 0.3) is 0 Å². The molecule has 0 saturated heterocycles. The van der Waals surface area contributed by atoms with E-state index >= 15 is 0 Å². The minimum absolute atomic E-state index is 0.339. The molecule has 0 radical (unpaired) electrons. The highest BCUT2D eigenvalue weighted by Gasteiger charge is 2.24. The van der Waals surface area contributed by atoms with Crippen LogP contribution in [0.4, 0.5) is 5.82 Å². The Hall–Kier alpha value is -2.37. The summed E-state index contributed by atoms with van der Waals surface area (Å²) in [6.07, 6.45) is 8.15. The molecular formula is C15H18N6. The van der Waals surface area contributed by atoms with Gasteiger partial charge in [0, 0.05) is 30.0 Å². The molecule has 0 amide bonds. The van der Waals surface area contributed by atoms with Crippen LogP contribution < -0.4 is 5.32 Å². The normalized spacial score (nSPS) is 15.0. The predicted molar refractivity (Wildman–Crippen MR) is 82.1 cm³/mol. The lowest BCUT2D eigenvalue weighted by atomic mass is 10.1. The van der Waals surface area contributed by atoms with E-state index < -0.39 is 0 Å². The molecular weight excluding hydrogens is 264 g/mol. The van der Waals surface area contributed by atoms with Crippen LogP contribution in [0.25, 0.3) is 22.2 Å². The van der Waals surface area contributed by atoms with Crippen LogP contribution in [0.15, 0.2) is 24.7 Å². The van der Waals surface area contributed by atoms with Crippen LogP contribution in [0.3, 0.4) is 0 Å². The number of aromatic nitrogens is 5. The van der Waals surface area contributed by atoms with Crippen LogP contribution in [-0.4, -0.2) is 31.0 Å². The topological polar surface area (TPSA) is 71.4 Å². The first-order valence-corrected chi connectivity index (χ1v) is 7.36. The Kier molecular flexibility index (Phi) is 2.70. The van der Waals surface area contributed by atoms with Crippen molar-refractivity contribution >= 4 is 16.7 Å². The van der Waals surface area contributed by atoms with Gasteiger partial charge in [-0.15, -0.1) is 0 Å². The zero-order chi connectivity index (χ0) is 14.4. The number of fused-ring (bicyclic) bond motifs is 1. The Labute approximate surface area is 122 Å². The Morgan fingerprint density at radius 3 is 2.95 bits per heavy atom. The molecule has 4 rings (SSSR count). The molecule has 2 N–H and O–H groups in total. The van der Waals surface area contributed by atoms with Crippen molar-refractivity contribution in [2.75, 3.05) is 5.32 Å². The highest BCUT2D eigenvalue weighted by atomic mass is 15.3. The van der Waals surface area contributed by atoms with E-state index in [4.69, 9.17) is 0 Å². The van der Waals surface area contributed by atoms with Crippen LogP contribution in [0, 0.1) is 0 Å². The molecule has 1 saturated carbocycles. The van der Waals surface area contributed by atoms with Crippen molar-refractivity contribution in [1.82, 2.24) is 25.0 Å². The van der Waals surface area contributed by atoms with Gasteiger partial charge in [-0.1, -0.05) is 0 Å². The summed E-state index contributed by atoms with van der Waals surface area (Å²) >= 11 is 0. The first-order valence-electron chi connectivity index (χ1n) is 7.36. The molecule has 1 aliphatic rings. The summed E-state index contributed by atoms with van der Waals surface area (Å²) < 4.78 is 1.94. The molecule has 6 heteroatoms. The summed E-state index contributed by atoms with van der Waals surface area (Å²) in [5.74, 6) is 0.913. The molecule has 3 aromatic rings. The van der Waals surface area contributed by atoms with Gasteiger partial charge >= 0.3 is 0 Å². The lowest BCUT2D eigenvalue weighted by molar-refractivity contribution is 0.532. The van der Waals surface area contributed by atoms with Crippen LogP contribution in [0.5, 0.6) is 0 Å². The SMILES string of the molecule is CC(C)n1cc(-c2n[nH]c3ccnc(NC4CC4)c23)cn1. The van der Waals surface area contributed by atoms with Crippen molar-refractivity contribution in [2.45, 2.75) is 38.8 Å². The van der Waals surface area contributed by atoms with Gasteiger partial charge in [-0.05, 0) is 32.8 Å². The summed E-state index contributed by atoms with van der Waals surface area (Å²) in [6, 6.07) is 2.85. The fourth-order valence-corrected chi connectivity index (χ4v) is 2.45. The number of hydrogen-bond acceptors (Lipinski definition) is 4. The van der Waals surface area contributed by atoms with E-state index in [2.05, 4.69) is 39.4 Å². The average Bonchev–Trinajstić information content (AvgIpc) is 3.00. The number of aromatic amines is 1. The number of nitrogens with one attached hydrogen (secondary N) is 2. The molecule has 0 atom stereocenters. The third-order valence-electron chi connectivity index (χ3n) is 3.80. The minimum Gasteiger partial charge on any atom is -0.367 e. The molecule has 3 aromatic heterocycles. The smallest absolute Gasteiger partial charge is 0.137 e. The molecule has 3 heterocycles. The van der Waals surface area contributed by atoms with E-state index in [1.54, 1.807) is 0 Å². The van der Waals surface area contributed by atoms with E-state index in [0.29, 0.717) is 12.1 Å². The number of pyridine rings is 1. The summed E-state index contributed by atoms with van der Waals surface area (Å²) in [5.41, 5.74) is 2.93. The fraction of sp³-hybridized carbons (Fsp3) is 0.400. The molecule has 0 unspecified atom stereocenters. The second kappa shape index (κ2) is 4.58. The van der Waals surface area contributed by atoms with Crippen molar-refractivity contribution in [3.63, 3.8) is 0 Å². The summed E-state index contributed by atoms with van der Waals surface area (Å²) in [4.78, 5) is 4.49. The summed E-state index contributed by atoms with van der Waals surface area (Å²) in [7, 11) is 0. The molecule has 0 spiro atoms. The second-order valence-electron chi connectivity index (χ2n) is 5.88. The van der Waals surface area contributed by atoms with Gasteiger partial charge in [-0.25, -0.2) is 4.98 Å². The molecule has 6 nitrogen and oxygen atoms in total. The monoisotopic (exact) mass is 282 g/mol. The van der Waals surface area contributed by atoms with Crippen molar-refractivity contribution in [2.24, 2.45) is 0 Å². The van der Waals surface area contributed by atoms with Crippen molar-refractivity contribution in [1.29, 1.82) is 0 Å². The highest BCUT2D eigenvalue weighted by molar-refractivity contribution is 6.00. The third-order valence-corrected chi connectivity index (χ3v) is 3.80. The zero-order valence-corrected chi connectivity index (χ0v) is 12.2. The average molecular weight is 282 g/mol. The number of nitrogens with zero attached hydrogens (tertiary/aromatic N) is 4. The Balaban J connectivity index is 1.83. The van der Waals surface area contributed by atoms with Crippen molar-refractivity contribution in [3.05, 3.63) is 24.7 Å². The van der Waals surface area contributed by atoms with Crippen LogP contribution in [-0.2, 0) is 0 Å². The molecule has 1 fully saturated rings. The van der Waals surface area contributed by atoms with E-state index in [0.717, 1.165) is 28.0 Å². The lowest BCUT2D eigenvalue weighted by Gasteiger charge is -2.05. The van der Waals surface area contributed by atoms with Gasteiger partial charge in [0.15, 0.2) is 0 Å². The maximum absolute atomic E-state index is 4.49. The molecule has 108 valence electrons. The molecule has 1 aliphatic carbocycles. The van der Waals surface area contributed by atoms with Crippen LogP contribution in [0.1, 0.15) is 32.7 Å². The van der Waals surface area contributed by atoms with Crippen LogP contribution >= 0.6 is 0 Å². The van der Waals surface area contributed by atoms with Crippen LogP contribution in [0.2, 0.25) is 0 Å². The van der Waals surface area contributed by atoms with Gasteiger partial charge in [0.05, 0.1) is 17.1 Å². The number of H-pyrrole nitrogens is 1. The van der Waals surface area contributed by atoms with E-state index in [1.165, 1.54) is 12.8 Å². The maximum Gasteiger partial charge on any atom is 0.137 e. The predicted octanol–water partition coefficient (Wildman–Crippen LogP) is 2.98. The summed E-state index contributed by atoms with van der Waals surface area (Å²) in [5, 5.41) is 16.5. The fourth-order valence-electron chi connectivity index (χ4n) is 2.45.